The van der Waals surface area contributed by atoms with E-state index in [2.05, 4.69) is 53.4 Å². The Morgan fingerprint density at radius 2 is 1.52 bits per heavy atom. The summed E-state index contributed by atoms with van der Waals surface area (Å²) in [5.74, 6) is 0.602. The molecule has 2 aromatic rings. The normalized spacial score (nSPS) is 27.9. The Morgan fingerprint density at radius 1 is 0.857 bits per heavy atom. The second kappa shape index (κ2) is 5.03. The molecule has 2 heterocycles. The molecule has 5 rings (SSSR count). The van der Waals surface area contributed by atoms with Gasteiger partial charge in [-0.3, -0.25) is 4.79 Å². The fourth-order valence-electron chi connectivity index (χ4n) is 4.03. The molecule has 3 atom stereocenters. The molecule has 3 fully saturated rings. The van der Waals surface area contributed by atoms with Gasteiger partial charge in [-0.1, -0.05) is 48.5 Å². The van der Waals surface area contributed by atoms with Crippen LogP contribution >= 0.6 is 0 Å². The molecule has 0 spiro atoms. The number of anilines is 1. The van der Waals surface area contributed by atoms with Crippen LogP contribution in [0.1, 0.15) is 30.9 Å². The quantitative estimate of drug-likeness (QED) is 0.827. The van der Waals surface area contributed by atoms with Gasteiger partial charge < -0.3 is 4.90 Å². The predicted octanol–water partition coefficient (Wildman–Crippen LogP) is 3.99. The first kappa shape index (κ1) is 12.6. The van der Waals surface area contributed by atoms with Crippen LogP contribution in [0.15, 0.2) is 60.7 Å². The molecule has 0 unspecified atom stereocenters. The third kappa shape index (κ3) is 2.06. The van der Waals surface area contributed by atoms with Crippen molar-refractivity contribution in [3.8, 4) is 0 Å². The van der Waals surface area contributed by atoms with Gasteiger partial charge in [0, 0.05) is 24.1 Å². The number of carbonyl (C=O) groups is 1. The van der Waals surface area contributed by atoms with E-state index in [4.69, 9.17) is 0 Å². The summed E-state index contributed by atoms with van der Waals surface area (Å²) in [5, 5.41) is 0. The van der Waals surface area contributed by atoms with E-state index in [-0.39, 0.29) is 12.0 Å². The van der Waals surface area contributed by atoms with Gasteiger partial charge in [0.2, 0.25) is 0 Å². The van der Waals surface area contributed by atoms with Crippen LogP contribution < -0.4 is 4.90 Å². The van der Waals surface area contributed by atoms with Crippen molar-refractivity contribution >= 4 is 11.5 Å². The summed E-state index contributed by atoms with van der Waals surface area (Å²) in [6.45, 7) is 0. The largest absolute Gasteiger partial charge is 0.360 e. The van der Waals surface area contributed by atoms with Crippen molar-refractivity contribution in [1.29, 1.82) is 0 Å². The maximum atomic E-state index is 12.4. The predicted molar refractivity (Wildman–Crippen MR) is 84.2 cm³/mol. The summed E-state index contributed by atoms with van der Waals surface area (Å²) < 4.78 is 0. The maximum absolute atomic E-state index is 12.4. The standard InChI is InChI=1S/C19H19NO/c21-18-13-16-11-12-17(18)19(14-7-3-1-4-8-14)20(16)15-9-5-2-6-10-15/h1-10,16-17,19H,11-13H2/t16-,17+,19-/m1/s1. The molecule has 0 N–H and O–H groups in total. The Balaban J connectivity index is 1.81. The van der Waals surface area contributed by atoms with Crippen LogP contribution in [0, 0.1) is 5.92 Å². The van der Waals surface area contributed by atoms with Crippen molar-refractivity contribution in [3.05, 3.63) is 66.2 Å². The van der Waals surface area contributed by atoms with Gasteiger partial charge in [0.1, 0.15) is 5.78 Å². The topological polar surface area (TPSA) is 20.3 Å². The number of nitrogens with zero attached hydrogens (tertiary/aromatic N) is 1. The average molecular weight is 277 g/mol. The number of benzene rings is 2. The van der Waals surface area contributed by atoms with Crippen molar-refractivity contribution in [2.24, 2.45) is 5.92 Å². The lowest BCUT2D eigenvalue weighted by molar-refractivity contribution is -0.128. The van der Waals surface area contributed by atoms with E-state index in [1.807, 2.05) is 12.1 Å². The molecule has 1 aliphatic carbocycles. The van der Waals surface area contributed by atoms with Crippen molar-refractivity contribution in [2.45, 2.75) is 31.3 Å². The zero-order chi connectivity index (χ0) is 14.2. The van der Waals surface area contributed by atoms with Gasteiger partial charge in [0.15, 0.2) is 0 Å². The summed E-state index contributed by atoms with van der Waals surface area (Å²) in [7, 11) is 0. The first-order chi connectivity index (χ1) is 10.3. The van der Waals surface area contributed by atoms with Gasteiger partial charge in [-0.25, -0.2) is 0 Å². The van der Waals surface area contributed by atoms with Gasteiger partial charge >= 0.3 is 0 Å². The number of rotatable bonds is 2. The summed E-state index contributed by atoms with van der Waals surface area (Å²) >= 11 is 0. The summed E-state index contributed by atoms with van der Waals surface area (Å²) in [6.07, 6.45) is 2.88. The van der Waals surface area contributed by atoms with E-state index in [0.717, 1.165) is 12.8 Å². The SMILES string of the molecule is O=C1C[C@H]2CC[C@@H]1[C@@H](c1ccccc1)N2c1ccccc1. The Bertz CT molecular complexity index is 637. The van der Waals surface area contributed by atoms with Gasteiger partial charge in [-0.05, 0) is 30.5 Å². The minimum atomic E-state index is 0.151. The number of Topliss-reactive ketones (excluding diaryl/α,β-unsaturated/α-hetero) is 1. The minimum absolute atomic E-state index is 0.151. The molecule has 2 aromatic carbocycles. The van der Waals surface area contributed by atoms with Gasteiger partial charge in [-0.2, -0.15) is 0 Å². The molecule has 2 aliphatic heterocycles. The number of para-hydroxylation sites is 1. The minimum Gasteiger partial charge on any atom is -0.360 e. The molecule has 2 heteroatoms. The summed E-state index contributed by atoms with van der Waals surface area (Å²) in [4.78, 5) is 14.9. The van der Waals surface area contributed by atoms with Crippen molar-refractivity contribution in [3.63, 3.8) is 0 Å². The van der Waals surface area contributed by atoms with Crippen LogP contribution in [0.3, 0.4) is 0 Å². The first-order valence-corrected chi connectivity index (χ1v) is 7.75. The highest BCUT2D eigenvalue weighted by atomic mass is 16.1. The third-order valence-corrected chi connectivity index (χ3v) is 4.93. The van der Waals surface area contributed by atoms with Crippen LogP contribution in [0.4, 0.5) is 5.69 Å². The Morgan fingerprint density at radius 3 is 2.19 bits per heavy atom. The lowest BCUT2D eigenvalue weighted by Crippen LogP contribution is -2.54. The highest BCUT2D eigenvalue weighted by Crippen LogP contribution is 2.47. The molecular formula is C19H19NO. The molecule has 3 aliphatic rings. The van der Waals surface area contributed by atoms with Crippen molar-refractivity contribution < 1.29 is 4.79 Å². The highest BCUT2D eigenvalue weighted by Gasteiger charge is 2.47. The molecule has 2 nitrogen and oxygen atoms in total. The van der Waals surface area contributed by atoms with Crippen molar-refractivity contribution in [1.82, 2.24) is 0 Å². The number of ketones is 1. The summed E-state index contributed by atoms with van der Waals surface area (Å²) in [5.41, 5.74) is 2.51. The highest BCUT2D eigenvalue weighted by molar-refractivity contribution is 5.86. The average Bonchev–Trinajstić information content (AvgIpc) is 2.56. The van der Waals surface area contributed by atoms with Crippen LogP contribution in [0.5, 0.6) is 0 Å². The molecule has 0 radical (unpaired) electrons. The van der Waals surface area contributed by atoms with E-state index < -0.39 is 0 Å². The fraction of sp³-hybridized carbons (Fsp3) is 0.316. The Kier molecular flexibility index (Phi) is 3.03. The van der Waals surface area contributed by atoms with E-state index in [9.17, 15) is 4.79 Å². The zero-order valence-corrected chi connectivity index (χ0v) is 12.0. The molecule has 1 saturated carbocycles. The number of hydrogen-bond acceptors (Lipinski definition) is 2. The number of piperidine rings is 2. The van der Waals surface area contributed by atoms with E-state index >= 15 is 0 Å². The maximum Gasteiger partial charge on any atom is 0.140 e. The van der Waals surface area contributed by atoms with Gasteiger partial charge in [0.05, 0.1) is 6.04 Å². The van der Waals surface area contributed by atoms with E-state index in [0.29, 0.717) is 18.2 Å². The number of carbonyl (C=O) groups excluding carboxylic acids is 1. The molecule has 2 bridgehead atoms. The van der Waals surface area contributed by atoms with Gasteiger partial charge in [0.25, 0.3) is 0 Å². The second-order valence-corrected chi connectivity index (χ2v) is 6.11. The number of hydrogen-bond donors (Lipinski definition) is 0. The molecule has 2 saturated heterocycles. The molecule has 106 valence electrons. The summed E-state index contributed by atoms with van der Waals surface area (Å²) in [6, 6.07) is 21.6. The Hall–Kier alpha value is -2.09. The van der Waals surface area contributed by atoms with E-state index in [1.54, 1.807) is 0 Å². The molecule has 0 amide bonds. The fourth-order valence-corrected chi connectivity index (χ4v) is 4.03. The van der Waals surface area contributed by atoms with E-state index in [1.165, 1.54) is 11.3 Å². The number of fused-ring (bicyclic) bond motifs is 3. The van der Waals surface area contributed by atoms with Crippen LogP contribution in [-0.2, 0) is 4.79 Å². The lowest BCUT2D eigenvalue weighted by Gasteiger charge is -2.52. The van der Waals surface area contributed by atoms with Crippen LogP contribution in [-0.4, -0.2) is 11.8 Å². The molecular weight excluding hydrogens is 258 g/mol. The lowest BCUT2D eigenvalue weighted by atomic mass is 9.71. The van der Waals surface area contributed by atoms with Crippen LogP contribution in [0.25, 0.3) is 0 Å². The molecule has 0 aromatic heterocycles. The Labute approximate surface area is 125 Å². The third-order valence-electron chi connectivity index (χ3n) is 4.93. The van der Waals surface area contributed by atoms with Crippen LogP contribution in [0.2, 0.25) is 0 Å². The smallest absolute Gasteiger partial charge is 0.140 e. The zero-order valence-electron chi connectivity index (χ0n) is 12.0. The first-order valence-electron chi connectivity index (χ1n) is 7.75. The van der Waals surface area contributed by atoms with Crippen molar-refractivity contribution in [2.75, 3.05) is 4.90 Å². The van der Waals surface area contributed by atoms with Gasteiger partial charge in [-0.15, -0.1) is 0 Å². The second-order valence-electron chi connectivity index (χ2n) is 6.11. The molecule has 21 heavy (non-hydrogen) atoms. The monoisotopic (exact) mass is 277 g/mol.